The third-order valence-electron chi connectivity index (χ3n) is 2.97. The van der Waals surface area contributed by atoms with Crippen LogP contribution in [0.2, 0.25) is 10.2 Å². The molecule has 0 aliphatic heterocycles. The number of benzene rings is 2. The average molecular weight is 460 g/mol. The van der Waals surface area contributed by atoms with Crippen LogP contribution in [0.15, 0.2) is 48.5 Å². The standard InChI is InChI=1S/C16H9Cl2FIN3/c17-12-7-11(20)4-5-13(12)21-15-8-14(18)22-16(23-15)9-2-1-3-10(19)6-9/h1-8H,(H,21,22,23). The number of rotatable bonds is 3. The average Bonchev–Trinajstić information content (AvgIpc) is 2.50. The number of aromatic nitrogens is 2. The lowest BCUT2D eigenvalue weighted by Crippen LogP contribution is -1.98. The van der Waals surface area contributed by atoms with Gasteiger partial charge in [0.2, 0.25) is 0 Å². The lowest BCUT2D eigenvalue weighted by molar-refractivity contribution is 0.628. The van der Waals surface area contributed by atoms with Gasteiger partial charge in [0, 0.05) is 15.2 Å². The van der Waals surface area contributed by atoms with E-state index in [0.29, 0.717) is 27.9 Å². The van der Waals surface area contributed by atoms with Crippen molar-refractivity contribution in [1.82, 2.24) is 9.97 Å². The van der Waals surface area contributed by atoms with E-state index >= 15 is 0 Å². The smallest absolute Gasteiger partial charge is 0.163 e. The molecule has 0 bridgehead atoms. The number of hydrogen-bond acceptors (Lipinski definition) is 3. The van der Waals surface area contributed by atoms with Crippen LogP contribution in [0.1, 0.15) is 0 Å². The van der Waals surface area contributed by atoms with Gasteiger partial charge in [-0.3, -0.25) is 0 Å². The molecule has 3 rings (SSSR count). The Hall–Kier alpha value is -1.44. The quantitative estimate of drug-likeness (QED) is 0.389. The van der Waals surface area contributed by atoms with Gasteiger partial charge < -0.3 is 5.32 Å². The van der Waals surface area contributed by atoms with Crippen LogP contribution in [0.5, 0.6) is 0 Å². The van der Waals surface area contributed by atoms with E-state index in [4.69, 9.17) is 23.2 Å². The van der Waals surface area contributed by atoms with Crippen LogP contribution >= 0.6 is 45.8 Å². The van der Waals surface area contributed by atoms with Gasteiger partial charge in [-0.1, -0.05) is 35.3 Å². The van der Waals surface area contributed by atoms with Gasteiger partial charge in [0.05, 0.1) is 10.7 Å². The monoisotopic (exact) mass is 459 g/mol. The van der Waals surface area contributed by atoms with Crippen LogP contribution in [0.4, 0.5) is 15.9 Å². The summed E-state index contributed by atoms with van der Waals surface area (Å²) < 4.78 is 14.4. The molecule has 0 radical (unpaired) electrons. The summed E-state index contributed by atoms with van der Waals surface area (Å²) in [6, 6.07) is 13.2. The van der Waals surface area contributed by atoms with Gasteiger partial charge in [-0.25, -0.2) is 14.4 Å². The summed E-state index contributed by atoms with van der Waals surface area (Å²) in [6.07, 6.45) is 0. The van der Waals surface area contributed by atoms with Crippen molar-refractivity contribution in [2.45, 2.75) is 0 Å². The summed E-state index contributed by atoms with van der Waals surface area (Å²) in [5, 5.41) is 3.92. The van der Waals surface area contributed by atoms with Gasteiger partial charge >= 0.3 is 0 Å². The van der Waals surface area contributed by atoms with E-state index in [1.807, 2.05) is 18.2 Å². The molecular formula is C16H9Cl2FIN3. The number of halogens is 4. The van der Waals surface area contributed by atoms with Gasteiger partial charge in [0.25, 0.3) is 0 Å². The van der Waals surface area contributed by atoms with E-state index in [1.165, 1.54) is 12.1 Å². The van der Waals surface area contributed by atoms with Crippen LogP contribution in [-0.4, -0.2) is 9.97 Å². The second-order valence-electron chi connectivity index (χ2n) is 4.66. The van der Waals surface area contributed by atoms with Gasteiger partial charge in [-0.15, -0.1) is 0 Å². The van der Waals surface area contributed by atoms with Crippen molar-refractivity contribution in [2.75, 3.05) is 5.32 Å². The third-order valence-corrected chi connectivity index (χ3v) is 4.15. The second kappa shape index (κ2) is 6.98. The van der Waals surface area contributed by atoms with Gasteiger partial charge in [-0.2, -0.15) is 0 Å². The fourth-order valence-electron chi connectivity index (χ4n) is 1.97. The Morgan fingerprint density at radius 2 is 1.83 bits per heavy atom. The molecule has 23 heavy (non-hydrogen) atoms. The summed E-state index contributed by atoms with van der Waals surface area (Å²) in [5.74, 6) is 0.453. The van der Waals surface area contributed by atoms with E-state index in [0.717, 1.165) is 3.57 Å². The molecule has 0 aliphatic carbocycles. The molecule has 0 atom stereocenters. The molecule has 1 heterocycles. The Morgan fingerprint density at radius 1 is 1.00 bits per heavy atom. The molecular weight excluding hydrogens is 451 g/mol. The third kappa shape index (κ3) is 4.10. The van der Waals surface area contributed by atoms with Crippen molar-refractivity contribution in [2.24, 2.45) is 0 Å². The van der Waals surface area contributed by atoms with Crippen LogP contribution < -0.4 is 5.32 Å². The highest BCUT2D eigenvalue weighted by molar-refractivity contribution is 14.1. The van der Waals surface area contributed by atoms with Gasteiger partial charge in [0.1, 0.15) is 16.8 Å². The van der Waals surface area contributed by atoms with E-state index in [9.17, 15) is 4.39 Å². The molecule has 7 heteroatoms. The van der Waals surface area contributed by atoms with Crippen molar-refractivity contribution < 1.29 is 4.39 Å². The molecule has 0 unspecified atom stereocenters. The maximum absolute atomic E-state index is 13.4. The minimum atomic E-state index is -0.360. The molecule has 116 valence electrons. The summed E-state index contributed by atoms with van der Waals surface area (Å²) in [5.41, 5.74) is 1.25. The molecule has 2 aromatic carbocycles. The first-order valence-corrected chi connectivity index (χ1v) is 8.37. The van der Waals surface area contributed by atoms with E-state index in [-0.39, 0.29) is 11.0 Å². The maximum atomic E-state index is 13.4. The van der Waals surface area contributed by atoms with E-state index in [1.54, 1.807) is 18.2 Å². The summed E-state index contributed by atoms with van der Waals surface area (Å²) >= 11 is 14.4. The molecule has 1 N–H and O–H groups in total. The molecule has 1 aromatic heterocycles. The lowest BCUT2D eigenvalue weighted by atomic mass is 10.2. The zero-order valence-corrected chi connectivity index (χ0v) is 15.2. The van der Waals surface area contributed by atoms with Crippen LogP contribution in [-0.2, 0) is 0 Å². The Bertz CT molecular complexity index is 874. The number of nitrogens with zero attached hydrogens (tertiary/aromatic N) is 2. The number of hydrogen-bond donors (Lipinski definition) is 1. The summed E-state index contributed by atoms with van der Waals surface area (Å²) in [7, 11) is 0. The number of anilines is 2. The first-order valence-electron chi connectivity index (χ1n) is 6.54. The molecule has 0 saturated carbocycles. The normalized spacial score (nSPS) is 10.6. The predicted molar refractivity (Wildman–Crippen MR) is 99.9 cm³/mol. The topological polar surface area (TPSA) is 37.8 Å². The van der Waals surface area contributed by atoms with Crippen molar-refractivity contribution in [3.05, 3.63) is 68.1 Å². The highest BCUT2D eigenvalue weighted by Crippen LogP contribution is 2.28. The number of nitrogens with one attached hydrogen (secondary N) is 1. The largest absolute Gasteiger partial charge is 0.339 e. The van der Waals surface area contributed by atoms with Crippen LogP contribution in [0, 0.1) is 9.39 Å². The van der Waals surface area contributed by atoms with Crippen LogP contribution in [0.25, 0.3) is 11.4 Å². The van der Waals surface area contributed by atoms with Crippen LogP contribution in [0.3, 0.4) is 0 Å². The fraction of sp³-hybridized carbons (Fsp3) is 0. The van der Waals surface area contributed by atoms with Crippen molar-refractivity contribution in [3.8, 4) is 11.4 Å². The second-order valence-corrected chi connectivity index (χ2v) is 6.70. The molecule has 0 fully saturated rings. The fourth-order valence-corrected chi connectivity index (χ4v) is 3.05. The van der Waals surface area contributed by atoms with E-state index in [2.05, 4.69) is 37.9 Å². The molecule has 0 saturated heterocycles. The highest BCUT2D eigenvalue weighted by Gasteiger charge is 2.09. The molecule has 3 aromatic rings. The predicted octanol–water partition coefficient (Wildman–Crippen LogP) is 5.94. The highest BCUT2D eigenvalue weighted by atomic mass is 127. The van der Waals surface area contributed by atoms with Crippen molar-refractivity contribution in [1.29, 1.82) is 0 Å². The van der Waals surface area contributed by atoms with Gasteiger partial charge in [-0.05, 0) is 52.9 Å². The Morgan fingerprint density at radius 3 is 2.57 bits per heavy atom. The zero-order chi connectivity index (χ0) is 16.4. The molecule has 3 nitrogen and oxygen atoms in total. The Labute approximate surface area is 156 Å². The first kappa shape index (κ1) is 16.4. The first-order chi connectivity index (χ1) is 11.0. The summed E-state index contributed by atoms with van der Waals surface area (Å²) in [6.45, 7) is 0. The van der Waals surface area contributed by atoms with Crippen molar-refractivity contribution >= 4 is 57.3 Å². The minimum Gasteiger partial charge on any atom is -0.339 e. The lowest BCUT2D eigenvalue weighted by Gasteiger charge is -2.10. The molecule has 0 spiro atoms. The SMILES string of the molecule is Fc1cccc(-c2nc(Cl)cc(Nc3ccc(I)cc3Cl)n2)c1. The summed E-state index contributed by atoms with van der Waals surface area (Å²) in [4.78, 5) is 8.51. The van der Waals surface area contributed by atoms with Crippen molar-refractivity contribution in [3.63, 3.8) is 0 Å². The minimum absolute atomic E-state index is 0.253. The molecule has 0 amide bonds. The van der Waals surface area contributed by atoms with E-state index < -0.39 is 0 Å². The zero-order valence-electron chi connectivity index (χ0n) is 11.5. The maximum Gasteiger partial charge on any atom is 0.163 e. The Balaban J connectivity index is 1.97. The Kier molecular flexibility index (Phi) is 4.99. The molecule has 0 aliphatic rings. The van der Waals surface area contributed by atoms with Gasteiger partial charge in [0.15, 0.2) is 5.82 Å².